The van der Waals surface area contributed by atoms with Crippen LogP contribution in [0.2, 0.25) is 0 Å². The fourth-order valence-electron chi connectivity index (χ4n) is 1.96. The minimum Gasteiger partial charge on any atom is -0.397 e. The van der Waals surface area contributed by atoms with Crippen molar-refractivity contribution < 1.29 is 4.79 Å². The Morgan fingerprint density at radius 2 is 2.11 bits per heavy atom. The Morgan fingerprint density at radius 3 is 2.68 bits per heavy atom. The van der Waals surface area contributed by atoms with Crippen molar-refractivity contribution in [1.29, 1.82) is 0 Å². The second kappa shape index (κ2) is 4.68. The molecule has 0 atom stereocenters. The summed E-state index contributed by atoms with van der Waals surface area (Å²) in [5, 5.41) is 0. The van der Waals surface area contributed by atoms with Crippen LogP contribution < -0.4 is 10.6 Å². The van der Waals surface area contributed by atoms with Gasteiger partial charge in [-0.1, -0.05) is 0 Å². The molecule has 1 aliphatic rings. The lowest BCUT2D eigenvalue weighted by atomic mass is 10.2. The predicted molar refractivity (Wildman–Crippen MR) is 72.7 cm³/mol. The fraction of sp³-hybridized carbons (Fsp3) is 0.214. The van der Waals surface area contributed by atoms with Crippen LogP contribution >= 0.6 is 0 Å². The molecular weight excluding hydrogens is 240 g/mol. The number of carbonyl (C=O) groups is 1. The average molecular weight is 254 g/mol. The highest BCUT2D eigenvalue weighted by atomic mass is 16.2. The van der Waals surface area contributed by atoms with Gasteiger partial charge in [0, 0.05) is 18.4 Å². The first kappa shape index (κ1) is 11.6. The summed E-state index contributed by atoms with van der Waals surface area (Å²) < 4.78 is 0. The molecule has 5 heteroatoms. The quantitative estimate of drug-likeness (QED) is 0.907. The number of nitrogens with two attached hydrogens (primary N) is 1. The summed E-state index contributed by atoms with van der Waals surface area (Å²) in [7, 11) is 0. The molecule has 2 heterocycles. The number of hydrogen-bond donors (Lipinski definition) is 1. The van der Waals surface area contributed by atoms with E-state index >= 15 is 0 Å². The highest BCUT2D eigenvalue weighted by Gasteiger charge is 2.35. The number of carbonyl (C=O) groups excluding carboxylic acids is 1. The molecule has 96 valence electrons. The second-order valence-electron chi connectivity index (χ2n) is 4.60. The van der Waals surface area contributed by atoms with Crippen LogP contribution in [0.25, 0.3) is 0 Å². The molecule has 2 N–H and O–H groups in total. The third kappa shape index (κ3) is 2.40. The van der Waals surface area contributed by atoms with Crippen molar-refractivity contribution in [2.75, 3.05) is 10.6 Å². The Hall–Kier alpha value is -2.43. The van der Waals surface area contributed by atoms with Crippen LogP contribution in [0.4, 0.5) is 11.5 Å². The summed E-state index contributed by atoms with van der Waals surface area (Å²) in [6.07, 6.45) is 6.83. The molecule has 3 rings (SSSR count). The lowest BCUT2D eigenvalue weighted by Gasteiger charge is -2.21. The molecule has 19 heavy (non-hydrogen) atoms. The van der Waals surface area contributed by atoms with E-state index in [0.717, 1.165) is 12.8 Å². The number of nitrogens with zero attached hydrogens (tertiary/aromatic N) is 3. The van der Waals surface area contributed by atoms with Gasteiger partial charge in [0.1, 0.15) is 5.82 Å². The van der Waals surface area contributed by atoms with Gasteiger partial charge in [-0.05, 0) is 37.1 Å². The first-order valence-electron chi connectivity index (χ1n) is 6.21. The zero-order chi connectivity index (χ0) is 13.2. The van der Waals surface area contributed by atoms with Gasteiger partial charge in [0.05, 0.1) is 17.4 Å². The molecule has 2 aromatic heterocycles. The molecule has 0 spiro atoms. The van der Waals surface area contributed by atoms with Gasteiger partial charge in [-0.25, -0.2) is 4.98 Å². The Balaban J connectivity index is 1.93. The van der Waals surface area contributed by atoms with Crippen molar-refractivity contribution in [3.8, 4) is 0 Å². The summed E-state index contributed by atoms with van der Waals surface area (Å²) in [5.74, 6) is 0.582. The van der Waals surface area contributed by atoms with E-state index in [0.29, 0.717) is 17.1 Å². The Bertz CT molecular complexity index is 578. The molecular formula is C14H14N4O. The summed E-state index contributed by atoms with van der Waals surface area (Å²) in [6.45, 7) is 0. The van der Waals surface area contributed by atoms with Gasteiger partial charge in [0.25, 0.3) is 5.91 Å². The van der Waals surface area contributed by atoms with Gasteiger partial charge in [-0.15, -0.1) is 0 Å². The maximum Gasteiger partial charge on any atom is 0.261 e. The highest BCUT2D eigenvalue weighted by Crippen LogP contribution is 2.32. The third-order valence-electron chi connectivity index (χ3n) is 3.06. The van der Waals surface area contributed by atoms with Gasteiger partial charge < -0.3 is 5.73 Å². The Kier molecular flexibility index (Phi) is 2.87. The minimum absolute atomic E-state index is 0.0622. The summed E-state index contributed by atoms with van der Waals surface area (Å²) in [5.41, 5.74) is 6.80. The normalized spacial score (nSPS) is 14.1. The van der Waals surface area contributed by atoms with Crippen LogP contribution in [-0.2, 0) is 0 Å². The smallest absolute Gasteiger partial charge is 0.261 e. The molecule has 1 saturated carbocycles. The van der Waals surface area contributed by atoms with Gasteiger partial charge in [0.2, 0.25) is 0 Å². The van der Waals surface area contributed by atoms with Crippen LogP contribution in [0.3, 0.4) is 0 Å². The maximum atomic E-state index is 12.5. The van der Waals surface area contributed by atoms with Crippen molar-refractivity contribution in [2.45, 2.75) is 18.9 Å². The largest absolute Gasteiger partial charge is 0.397 e. The average Bonchev–Trinajstić information content (AvgIpc) is 3.27. The number of anilines is 2. The van der Waals surface area contributed by atoms with Gasteiger partial charge >= 0.3 is 0 Å². The Morgan fingerprint density at radius 1 is 1.26 bits per heavy atom. The van der Waals surface area contributed by atoms with Gasteiger partial charge in [0.15, 0.2) is 0 Å². The molecule has 0 aliphatic heterocycles. The monoisotopic (exact) mass is 254 g/mol. The van der Waals surface area contributed by atoms with Crippen molar-refractivity contribution in [2.24, 2.45) is 0 Å². The molecule has 1 fully saturated rings. The first-order valence-corrected chi connectivity index (χ1v) is 6.21. The van der Waals surface area contributed by atoms with Crippen LogP contribution in [0.1, 0.15) is 23.2 Å². The third-order valence-corrected chi connectivity index (χ3v) is 3.06. The van der Waals surface area contributed by atoms with Crippen molar-refractivity contribution in [3.05, 3.63) is 48.4 Å². The van der Waals surface area contributed by atoms with Crippen LogP contribution in [-0.4, -0.2) is 21.9 Å². The van der Waals surface area contributed by atoms with Gasteiger partial charge in [-0.2, -0.15) is 0 Å². The molecule has 0 radical (unpaired) electrons. The number of pyridine rings is 2. The summed E-state index contributed by atoms with van der Waals surface area (Å²) in [4.78, 5) is 22.5. The molecule has 1 aliphatic carbocycles. The van der Waals surface area contributed by atoms with Crippen molar-refractivity contribution in [1.82, 2.24) is 9.97 Å². The number of rotatable bonds is 3. The number of aromatic nitrogens is 2. The molecule has 0 bridgehead atoms. The van der Waals surface area contributed by atoms with E-state index in [2.05, 4.69) is 9.97 Å². The number of nitrogen functional groups attached to an aromatic ring is 1. The summed E-state index contributed by atoms with van der Waals surface area (Å²) in [6, 6.07) is 7.30. The zero-order valence-electron chi connectivity index (χ0n) is 10.4. The van der Waals surface area contributed by atoms with E-state index in [9.17, 15) is 4.79 Å². The highest BCUT2D eigenvalue weighted by molar-refractivity contribution is 6.06. The van der Waals surface area contributed by atoms with Crippen molar-refractivity contribution >= 4 is 17.4 Å². The Labute approximate surface area is 111 Å². The molecule has 0 unspecified atom stereocenters. The van der Waals surface area contributed by atoms with E-state index in [1.165, 1.54) is 0 Å². The fourth-order valence-corrected chi connectivity index (χ4v) is 1.96. The lowest BCUT2D eigenvalue weighted by molar-refractivity contribution is 0.0984. The molecule has 2 aromatic rings. The second-order valence-corrected chi connectivity index (χ2v) is 4.60. The van der Waals surface area contributed by atoms with E-state index in [-0.39, 0.29) is 11.9 Å². The van der Waals surface area contributed by atoms with Crippen LogP contribution in [0.5, 0.6) is 0 Å². The topological polar surface area (TPSA) is 72.1 Å². The molecule has 0 aromatic carbocycles. The standard InChI is InChI=1S/C14H14N4O/c15-11-3-6-13(17-9-11)18(12-4-5-12)14(19)10-2-1-7-16-8-10/h1-3,6-9,12H,4-5,15H2. The van der Waals surface area contributed by atoms with E-state index < -0.39 is 0 Å². The SMILES string of the molecule is Nc1ccc(N(C(=O)c2cccnc2)C2CC2)nc1. The first-order chi connectivity index (χ1) is 9.25. The molecule has 0 saturated heterocycles. The van der Waals surface area contributed by atoms with E-state index in [1.807, 2.05) is 0 Å². The van der Waals surface area contributed by atoms with Crippen LogP contribution in [0, 0.1) is 0 Å². The molecule has 1 amide bonds. The maximum absolute atomic E-state index is 12.5. The number of hydrogen-bond acceptors (Lipinski definition) is 4. The van der Waals surface area contributed by atoms with E-state index in [4.69, 9.17) is 5.73 Å². The lowest BCUT2D eigenvalue weighted by Crippen LogP contribution is -2.33. The summed E-state index contributed by atoms with van der Waals surface area (Å²) >= 11 is 0. The van der Waals surface area contributed by atoms with Crippen molar-refractivity contribution in [3.63, 3.8) is 0 Å². The number of amides is 1. The van der Waals surface area contributed by atoms with Crippen LogP contribution in [0.15, 0.2) is 42.9 Å². The van der Waals surface area contributed by atoms with E-state index in [1.54, 1.807) is 47.8 Å². The van der Waals surface area contributed by atoms with Gasteiger partial charge in [-0.3, -0.25) is 14.7 Å². The molecule has 5 nitrogen and oxygen atoms in total. The predicted octanol–water partition coefficient (Wildman–Crippen LogP) is 1.87. The zero-order valence-corrected chi connectivity index (χ0v) is 10.4. The minimum atomic E-state index is -0.0622.